The van der Waals surface area contributed by atoms with Crippen LogP contribution in [-0.2, 0) is 21.5 Å². The molecule has 164 valence electrons. The van der Waals surface area contributed by atoms with Crippen LogP contribution in [0.5, 0.6) is 0 Å². The Kier molecular flexibility index (Phi) is 6.39. The van der Waals surface area contributed by atoms with E-state index in [0.29, 0.717) is 6.42 Å². The van der Waals surface area contributed by atoms with Crippen LogP contribution in [0.1, 0.15) is 36.9 Å². The van der Waals surface area contributed by atoms with E-state index < -0.39 is 0 Å². The lowest BCUT2D eigenvalue weighted by Crippen LogP contribution is -2.51. The molecule has 0 spiro atoms. The molecule has 6 nitrogen and oxygen atoms in total. The molecule has 0 aliphatic heterocycles. The standard InChI is InChI=1S/C25H32N4O2/c1-29(2)25(23-10-6-7-15-26-23)13-11-19(12-14-25)28-22(24(30)31-3)16-18-17-27-21-9-5-4-8-20(18)21/h4-10,15,17,19,22,27-28H,11-14,16H2,1-3H3. The van der Waals surface area contributed by atoms with E-state index in [1.807, 2.05) is 30.6 Å². The first-order chi connectivity index (χ1) is 15.0. The van der Waals surface area contributed by atoms with Gasteiger partial charge in [-0.25, -0.2) is 0 Å². The zero-order valence-corrected chi connectivity index (χ0v) is 18.6. The number of fused-ring (bicyclic) bond motifs is 1. The third-order valence-corrected chi connectivity index (χ3v) is 6.83. The minimum atomic E-state index is -0.365. The lowest BCUT2D eigenvalue weighted by atomic mass is 9.76. The molecule has 1 aliphatic carbocycles. The molecule has 2 heterocycles. The molecule has 2 N–H and O–H groups in total. The second-order valence-corrected chi connectivity index (χ2v) is 8.72. The molecule has 4 rings (SSSR count). The third kappa shape index (κ3) is 4.36. The molecule has 1 saturated carbocycles. The summed E-state index contributed by atoms with van der Waals surface area (Å²) < 4.78 is 5.13. The first kappa shape index (κ1) is 21.5. The minimum absolute atomic E-state index is 0.0585. The molecule has 0 saturated heterocycles. The van der Waals surface area contributed by atoms with Gasteiger partial charge in [-0.2, -0.15) is 0 Å². The van der Waals surface area contributed by atoms with Crippen LogP contribution in [0.3, 0.4) is 0 Å². The maximum absolute atomic E-state index is 12.6. The van der Waals surface area contributed by atoms with Crippen LogP contribution in [0, 0.1) is 0 Å². The summed E-state index contributed by atoms with van der Waals surface area (Å²) in [7, 11) is 5.73. The van der Waals surface area contributed by atoms with Crippen LogP contribution in [0.2, 0.25) is 0 Å². The lowest BCUT2D eigenvalue weighted by molar-refractivity contribution is -0.143. The molecule has 31 heavy (non-hydrogen) atoms. The smallest absolute Gasteiger partial charge is 0.323 e. The number of pyridine rings is 1. The van der Waals surface area contributed by atoms with Gasteiger partial charge in [-0.1, -0.05) is 24.3 Å². The number of rotatable bonds is 7. The number of para-hydroxylation sites is 1. The number of ether oxygens (including phenoxy) is 1. The van der Waals surface area contributed by atoms with Crippen LogP contribution in [0.4, 0.5) is 0 Å². The van der Waals surface area contributed by atoms with Crippen LogP contribution in [0.25, 0.3) is 10.9 Å². The Labute approximate surface area is 184 Å². The highest BCUT2D eigenvalue weighted by atomic mass is 16.5. The van der Waals surface area contributed by atoms with Crippen molar-refractivity contribution in [2.24, 2.45) is 0 Å². The number of nitrogens with one attached hydrogen (secondary N) is 2. The number of carbonyl (C=O) groups excluding carboxylic acids is 1. The Balaban J connectivity index is 1.47. The van der Waals surface area contributed by atoms with E-state index in [0.717, 1.165) is 47.8 Å². The van der Waals surface area contributed by atoms with Crippen LogP contribution >= 0.6 is 0 Å². The van der Waals surface area contributed by atoms with Gasteiger partial charge in [0.2, 0.25) is 0 Å². The number of H-pyrrole nitrogens is 1. The molecule has 6 heteroatoms. The first-order valence-corrected chi connectivity index (χ1v) is 11.0. The number of carbonyl (C=O) groups is 1. The fourth-order valence-electron chi connectivity index (χ4n) is 4.99. The highest BCUT2D eigenvalue weighted by molar-refractivity contribution is 5.84. The summed E-state index contributed by atoms with van der Waals surface area (Å²) in [6, 6.07) is 14.2. The Morgan fingerprint density at radius 1 is 1.23 bits per heavy atom. The van der Waals surface area contributed by atoms with Crippen molar-refractivity contribution in [1.29, 1.82) is 0 Å². The van der Waals surface area contributed by atoms with Crippen LogP contribution < -0.4 is 5.32 Å². The Hall–Kier alpha value is -2.70. The van der Waals surface area contributed by atoms with Gasteiger partial charge in [-0.05, 0) is 63.5 Å². The molecule has 0 bridgehead atoms. The largest absolute Gasteiger partial charge is 0.468 e. The van der Waals surface area contributed by atoms with Crippen molar-refractivity contribution in [2.75, 3.05) is 21.2 Å². The highest BCUT2D eigenvalue weighted by Gasteiger charge is 2.40. The summed E-state index contributed by atoms with van der Waals surface area (Å²) in [5.74, 6) is -0.209. The summed E-state index contributed by atoms with van der Waals surface area (Å²) in [6.45, 7) is 0. The van der Waals surface area contributed by atoms with Crippen molar-refractivity contribution >= 4 is 16.9 Å². The number of nitrogens with zero attached hydrogens (tertiary/aromatic N) is 2. The van der Waals surface area contributed by atoms with Crippen molar-refractivity contribution < 1.29 is 9.53 Å². The fraction of sp³-hybridized carbons (Fsp3) is 0.440. The molecule has 2 aromatic heterocycles. The number of methoxy groups -OCH3 is 1. The van der Waals surface area contributed by atoms with E-state index in [2.05, 4.69) is 58.5 Å². The third-order valence-electron chi connectivity index (χ3n) is 6.83. The molecule has 1 atom stereocenters. The molecule has 1 fully saturated rings. The van der Waals surface area contributed by atoms with E-state index in [-0.39, 0.29) is 23.6 Å². The molecular weight excluding hydrogens is 388 g/mol. The zero-order chi connectivity index (χ0) is 21.8. The van der Waals surface area contributed by atoms with E-state index >= 15 is 0 Å². The van der Waals surface area contributed by atoms with Gasteiger partial charge in [-0.3, -0.25) is 14.7 Å². The highest BCUT2D eigenvalue weighted by Crippen LogP contribution is 2.40. The Morgan fingerprint density at radius 2 is 1.97 bits per heavy atom. The van der Waals surface area contributed by atoms with E-state index in [1.54, 1.807) is 0 Å². The molecular formula is C25H32N4O2. The molecule has 1 aliphatic rings. The van der Waals surface area contributed by atoms with Crippen molar-refractivity contribution in [3.8, 4) is 0 Å². The van der Waals surface area contributed by atoms with Gasteiger partial charge in [0.25, 0.3) is 0 Å². The number of hydrogen-bond donors (Lipinski definition) is 2. The maximum atomic E-state index is 12.6. The summed E-state index contributed by atoms with van der Waals surface area (Å²) in [6.07, 6.45) is 8.44. The topological polar surface area (TPSA) is 70.2 Å². The number of benzene rings is 1. The number of aromatic nitrogens is 2. The number of hydrogen-bond acceptors (Lipinski definition) is 5. The summed E-state index contributed by atoms with van der Waals surface area (Å²) in [5, 5.41) is 4.77. The number of aromatic amines is 1. The van der Waals surface area contributed by atoms with Crippen LogP contribution in [0.15, 0.2) is 54.9 Å². The van der Waals surface area contributed by atoms with Gasteiger partial charge in [0.05, 0.1) is 18.3 Å². The van der Waals surface area contributed by atoms with E-state index in [1.165, 1.54) is 7.11 Å². The fourth-order valence-corrected chi connectivity index (χ4v) is 4.99. The second-order valence-electron chi connectivity index (χ2n) is 8.72. The molecule has 0 amide bonds. The number of esters is 1. The zero-order valence-electron chi connectivity index (χ0n) is 18.6. The monoisotopic (exact) mass is 420 g/mol. The normalized spacial score (nSPS) is 22.5. The minimum Gasteiger partial charge on any atom is -0.468 e. The van der Waals surface area contributed by atoms with Crippen molar-refractivity contribution in [3.63, 3.8) is 0 Å². The van der Waals surface area contributed by atoms with Gasteiger partial charge < -0.3 is 15.0 Å². The first-order valence-electron chi connectivity index (χ1n) is 11.0. The summed E-state index contributed by atoms with van der Waals surface area (Å²) in [4.78, 5) is 22.9. The van der Waals surface area contributed by atoms with Crippen LogP contribution in [-0.4, -0.2) is 54.1 Å². The maximum Gasteiger partial charge on any atom is 0.323 e. The quantitative estimate of drug-likeness (QED) is 0.571. The second kappa shape index (κ2) is 9.20. The van der Waals surface area contributed by atoms with Gasteiger partial charge in [0.15, 0.2) is 0 Å². The summed E-state index contributed by atoms with van der Waals surface area (Å²) in [5.41, 5.74) is 3.29. The Morgan fingerprint density at radius 3 is 2.65 bits per heavy atom. The van der Waals surface area contributed by atoms with Gasteiger partial charge in [0.1, 0.15) is 6.04 Å². The van der Waals surface area contributed by atoms with Crippen molar-refractivity contribution in [2.45, 2.75) is 49.7 Å². The van der Waals surface area contributed by atoms with Crippen molar-refractivity contribution in [3.05, 3.63) is 66.1 Å². The van der Waals surface area contributed by atoms with Gasteiger partial charge in [-0.15, -0.1) is 0 Å². The summed E-state index contributed by atoms with van der Waals surface area (Å²) >= 11 is 0. The average molecular weight is 421 g/mol. The molecule has 1 unspecified atom stereocenters. The van der Waals surface area contributed by atoms with Crippen molar-refractivity contribution in [1.82, 2.24) is 20.2 Å². The predicted molar refractivity (Wildman–Crippen MR) is 123 cm³/mol. The molecule has 1 aromatic carbocycles. The average Bonchev–Trinajstić information content (AvgIpc) is 3.22. The Bertz CT molecular complexity index is 1010. The van der Waals surface area contributed by atoms with Gasteiger partial charge >= 0.3 is 5.97 Å². The molecule has 3 aromatic rings. The lowest BCUT2D eigenvalue weighted by Gasteiger charge is -2.45. The SMILES string of the molecule is COC(=O)C(Cc1c[nH]c2ccccc12)NC1CCC(c2ccccn2)(N(C)C)CC1. The molecule has 0 radical (unpaired) electrons. The predicted octanol–water partition coefficient (Wildman–Crippen LogP) is 3.64. The van der Waals surface area contributed by atoms with E-state index in [9.17, 15) is 4.79 Å². The van der Waals surface area contributed by atoms with E-state index in [4.69, 9.17) is 4.74 Å². The van der Waals surface area contributed by atoms with Gasteiger partial charge in [0, 0.05) is 35.8 Å².